The zero-order valence-corrected chi connectivity index (χ0v) is 16.4. The molecule has 0 aliphatic carbocycles. The van der Waals surface area contributed by atoms with E-state index in [2.05, 4.69) is 0 Å². The lowest BCUT2D eigenvalue weighted by atomic mass is 10.1. The average Bonchev–Trinajstić information content (AvgIpc) is 2.95. The predicted octanol–water partition coefficient (Wildman–Crippen LogP) is 5.40. The van der Waals surface area contributed by atoms with E-state index in [0.717, 1.165) is 33.3 Å². The predicted molar refractivity (Wildman–Crippen MR) is 108 cm³/mol. The molecular weight excluding hydrogens is 433 g/mol. The quantitative estimate of drug-likeness (QED) is 0.458. The molecule has 0 saturated carbocycles. The third-order valence-corrected chi connectivity index (χ3v) is 6.03. The number of carbonyl (C=O) groups is 1. The number of rotatable bonds is 5. The van der Waals surface area contributed by atoms with Crippen LogP contribution in [0.15, 0.2) is 48.5 Å². The lowest BCUT2D eigenvalue weighted by Crippen LogP contribution is -2.18. The van der Waals surface area contributed by atoms with Crippen molar-refractivity contribution >= 4 is 62.5 Å². The standard InChI is InChI=1S/C17H11Cl2NO5S2/c18-10-3-1-2-9(6-10)13-8-15(26-16(13)19)20(27(24)25)11-4-5-12(17(22)23)14(21)7-11/h1-8,21H,(H,22,23)(H,24,25). The van der Waals surface area contributed by atoms with E-state index >= 15 is 0 Å². The van der Waals surface area contributed by atoms with Crippen LogP contribution in [0.5, 0.6) is 5.75 Å². The highest BCUT2D eigenvalue weighted by Crippen LogP contribution is 2.44. The maximum absolute atomic E-state index is 11.9. The Morgan fingerprint density at radius 1 is 1.11 bits per heavy atom. The Morgan fingerprint density at radius 2 is 1.85 bits per heavy atom. The first-order valence-electron chi connectivity index (χ1n) is 7.30. The average molecular weight is 444 g/mol. The zero-order chi connectivity index (χ0) is 19.7. The first-order chi connectivity index (χ1) is 12.8. The molecule has 0 aliphatic heterocycles. The highest BCUT2D eigenvalue weighted by atomic mass is 35.5. The van der Waals surface area contributed by atoms with Gasteiger partial charge in [-0.15, -0.1) is 11.3 Å². The Kier molecular flexibility index (Phi) is 5.73. The molecule has 6 nitrogen and oxygen atoms in total. The molecule has 3 aromatic rings. The first-order valence-corrected chi connectivity index (χ1v) is 9.94. The van der Waals surface area contributed by atoms with Crippen LogP contribution < -0.4 is 4.31 Å². The Hall–Kier alpha value is -2.10. The van der Waals surface area contributed by atoms with Gasteiger partial charge in [0.2, 0.25) is 0 Å². The number of phenols is 1. The monoisotopic (exact) mass is 443 g/mol. The summed E-state index contributed by atoms with van der Waals surface area (Å²) < 4.78 is 23.1. The third-order valence-electron chi connectivity index (χ3n) is 3.61. The summed E-state index contributed by atoms with van der Waals surface area (Å²) in [6, 6.07) is 12.2. The fourth-order valence-corrected chi connectivity index (χ4v) is 4.66. The molecule has 1 unspecified atom stereocenters. The largest absolute Gasteiger partial charge is 0.507 e. The van der Waals surface area contributed by atoms with E-state index in [4.69, 9.17) is 28.3 Å². The van der Waals surface area contributed by atoms with Crippen molar-refractivity contribution in [2.45, 2.75) is 0 Å². The van der Waals surface area contributed by atoms with Gasteiger partial charge in [0, 0.05) is 16.7 Å². The van der Waals surface area contributed by atoms with Crippen LogP contribution in [0.25, 0.3) is 11.1 Å². The highest BCUT2D eigenvalue weighted by molar-refractivity contribution is 7.81. The van der Waals surface area contributed by atoms with Gasteiger partial charge in [-0.3, -0.25) is 4.55 Å². The van der Waals surface area contributed by atoms with Gasteiger partial charge in [0.25, 0.3) is 11.3 Å². The van der Waals surface area contributed by atoms with Crippen molar-refractivity contribution in [1.29, 1.82) is 0 Å². The van der Waals surface area contributed by atoms with Gasteiger partial charge in [-0.25, -0.2) is 13.3 Å². The molecule has 0 spiro atoms. The molecule has 0 fully saturated rings. The number of aromatic carboxylic acids is 1. The molecule has 0 saturated heterocycles. The van der Waals surface area contributed by atoms with E-state index in [1.54, 1.807) is 30.3 Å². The van der Waals surface area contributed by atoms with Crippen LogP contribution in [0.1, 0.15) is 10.4 Å². The van der Waals surface area contributed by atoms with E-state index in [1.807, 2.05) is 0 Å². The lowest BCUT2D eigenvalue weighted by molar-refractivity contribution is 0.0694. The molecule has 3 N–H and O–H groups in total. The van der Waals surface area contributed by atoms with Gasteiger partial charge < -0.3 is 10.2 Å². The Morgan fingerprint density at radius 3 is 2.44 bits per heavy atom. The van der Waals surface area contributed by atoms with Crippen molar-refractivity contribution in [1.82, 2.24) is 0 Å². The molecular formula is C17H11Cl2NO5S2. The summed E-state index contributed by atoms with van der Waals surface area (Å²) in [5.74, 6) is -1.83. The molecule has 0 bridgehead atoms. The number of aromatic hydroxyl groups is 1. The first kappa shape index (κ1) is 19.7. The van der Waals surface area contributed by atoms with Crippen LogP contribution in [-0.2, 0) is 11.3 Å². The smallest absolute Gasteiger partial charge is 0.339 e. The topological polar surface area (TPSA) is 98.1 Å². The van der Waals surface area contributed by atoms with Gasteiger partial charge in [-0.2, -0.15) is 0 Å². The van der Waals surface area contributed by atoms with E-state index in [-0.39, 0.29) is 11.3 Å². The van der Waals surface area contributed by atoms with Crippen molar-refractivity contribution < 1.29 is 23.8 Å². The number of halogens is 2. The van der Waals surface area contributed by atoms with E-state index in [1.165, 1.54) is 6.07 Å². The molecule has 2 aromatic carbocycles. The number of thiophene rings is 1. The molecule has 3 rings (SSSR count). The summed E-state index contributed by atoms with van der Waals surface area (Å²) in [5, 5.41) is 19.7. The normalized spacial score (nSPS) is 12.0. The van der Waals surface area contributed by atoms with Crippen LogP contribution >= 0.6 is 34.5 Å². The van der Waals surface area contributed by atoms with Crippen molar-refractivity contribution in [2.24, 2.45) is 0 Å². The molecule has 0 amide bonds. The number of nitrogens with zero attached hydrogens (tertiary/aromatic N) is 1. The molecule has 1 aromatic heterocycles. The molecule has 0 aliphatic rings. The zero-order valence-electron chi connectivity index (χ0n) is 13.3. The number of anilines is 2. The fourth-order valence-electron chi connectivity index (χ4n) is 2.43. The van der Waals surface area contributed by atoms with Crippen molar-refractivity contribution in [3.8, 4) is 16.9 Å². The van der Waals surface area contributed by atoms with Crippen LogP contribution in [0, 0.1) is 0 Å². The van der Waals surface area contributed by atoms with Crippen LogP contribution in [0.2, 0.25) is 9.36 Å². The van der Waals surface area contributed by atoms with Gasteiger partial charge in [0.1, 0.15) is 20.7 Å². The Balaban J connectivity index is 2.07. The van der Waals surface area contributed by atoms with Crippen molar-refractivity contribution in [3.05, 3.63) is 63.5 Å². The lowest BCUT2D eigenvalue weighted by Gasteiger charge is -2.18. The van der Waals surface area contributed by atoms with Crippen molar-refractivity contribution in [2.75, 3.05) is 4.31 Å². The van der Waals surface area contributed by atoms with Gasteiger partial charge in [0.15, 0.2) is 0 Å². The number of hydrogen-bond acceptors (Lipinski definition) is 4. The number of benzene rings is 2. The van der Waals surface area contributed by atoms with Crippen LogP contribution in [0.4, 0.5) is 10.7 Å². The SMILES string of the molecule is O=C(O)c1ccc(N(c2cc(-c3cccc(Cl)c3)c(Cl)s2)S(=O)O)cc1O. The van der Waals surface area contributed by atoms with E-state index in [0.29, 0.717) is 19.9 Å². The fraction of sp³-hybridized carbons (Fsp3) is 0. The third kappa shape index (κ3) is 4.10. The van der Waals surface area contributed by atoms with Gasteiger partial charge in [-0.05, 0) is 35.9 Å². The summed E-state index contributed by atoms with van der Waals surface area (Å²) >= 11 is 10.9. The maximum atomic E-state index is 11.9. The Labute approximate surface area is 170 Å². The number of carboxylic acid groups (broad SMARTS) is 1. The van der Waals surface area contributed by atoms with Gasteiger partial charge >= 0.3 is 5.97 Å². The van der Waals surface area contributed by atoms with E-state index in [9.17, 15) is 18.7 Å². The second-order valence-corrected chi connectivity index (χ2v) is 8.21. The maximum Gasteiger partial charge on any atom is 0.339 e. The molecule has 27 heavy (non-hydrogen) atoms. The van der Waals surface area contributed by atoms with Gasteiger partial charge in [-0.1, -0.05) is 35.3 Å². The molecule has 0 radical (unpaired) electrons. The number of hydrogen-bond donors (Lipinski definition) is 3. The minimum atomic E-state index is -2.49. The van der Waals surface area contributed by atoms with Crippen molar-refractivity contribution in [3.63, 3.8) is 0 Å². The highest BCUT2D eigenvalue weighted by Gasteiger charge is 2.22. The van der Waals surface area contributed by atoms with Crippen LogP contribution in [0.3, 0.4) is 0 Å². The molecule has 140 valence electrons. The second-order valence-electron chi connectivity index (χ2n) is 5.31. The second kappa shape index (κ2) is 7.87. The summed E-state index contributed by atoms with van der Waals surface area (Å²) in [4.78, 5) is 11.0. The summed E-state index contributed by atoms with van der Waals surface area (Å²) in [5.41, 5.74) is 1.18. The number of carboxylic acids is 1. The molecule has 1 heterocycles. The van der Waals surface area contributed by atoms with E-state index < -0.39 is 23.0 Å². The summed E-state index contributed by atoms with van der Waals surface area (Å²) in [7, 11) is 0. The Bertz CT molecular complexity index is 1050. The summed E-state index contributed by atoms with van der Waals surface area (Å²) in [6.45, 7) is 0. The summed E-state index contributed by atoms with van der Waals surface area (Å²) in [6.07, 6.45) is 0. The molecule has 10 heteroatoms. The van der Waals surface area contributed by atoms with Gasteiger partial charge in [0.05, 0.1) is 5.69 Å². The minimum absolute atomic E-state index is 0.133. The minimum Gasteiger partial charge on any atom is -0.507 e. The molecule has 1 atom stereocenters. The van der Waals surface area contributed by atoms with Crippen LogP contribution in [-0.4, -0.2) is 24.9 Å².